The summed E-state index contributed by atoms with van der Waals surface area (Å²) < 4.78 is 11.8. The predicted molar refractivity (Wildman–Crippen MR) is 94.1 cm³/mol. The topological polar surface area (TPSA) is 46.6 Å². The summed E-state index contributed by atoms with van der Waals surface area (Å²) in [7, 11) is 0. The van der Waals surface area contributed by atoms with Gasteiger partial charge in [0.2, 0.25) is 5.91 Å². The minimum Gasteiger partial charge on any atom is -0.467 e. The molecule has 0 unspecified atom stereocenters. The summed E-state index contributed by atoms with van der Waals surface area (Å²) in [5, 5.41) is 0. The van der Waals surface area contributed by atoms with Gasteiger partial charge in [0, 0.05) is 10.9 Å². The monoisotopic (exact) mass is 387 g/mol. The van der Waals surface area contributed by atoms with Gasteiger partial charge >= 0.3 is 0 Å². The lowest BCUT2D eigenvalue weighted by Crippen LogP contribution is -2.30. The van der Waals surface area contributed by atoms with Crippen molar-refractivity contribution in [3.63, 3.8) is 0 Å². The van der Waals surface area contributed by atoms with Crippen LogP contribution >= 0.6 is 15.9 Å². The van der Waals surface area contributed by atoms with E-state index in [-0.39, 0.29) is 5.91 Å². The Kier molecular flexibility index (Phi) is 5.54. The molecule has 0 saturated heterocycles. The number of aryl methyl sites for hydroxylation is 1. The van der Waals surface area contributed by atoms with Crippen molar-refractivity contribution in [3.05, 3.63) is 82.6 Å². The molecule has 0 aliphatic carbocycles. The molecule has 0 atom stereocenters. The van der Waals surface area contributed by atoms with Crippen LogP contribution in [0.1, 0.15) is 23.5 Å². The van der Waals surface area contributed by atoms with E-state index in [9.17, 15) is 4.79 Å². The second kappa shape index (κ2) is 8.02. The Bertz CT molecular complexity index is 730. The van der Waals surface area contributed by atoms with Gasteiger partial charge in [0.05, 0.1) is 25.6 Å². The zero-order chi connectivity index (χ0) is 16.8. The second-order valence-corrected chi connectivity index (χ2v) is 6.45. The smallest absolute Gasteiger partial charge is 0.223 e. The first-order chi connectivity index (χ1) is 11.7. The molecular formula is C19H18BrNO3. The van der Waals surface area contributed by atoms with Gasteiger partial charge in [-0.2, -0.15) is 0 Å². The third kappa shape index (κ3) is 4.61. The maximum absolute atomic E-state index is 12.7. The van der Waals surface area contributed by atoms with Gasteiger partial charge < -0.3 is 13.7 Å². The van der Waals surface area contributed by atoms with Gasteiger partial charge in [-0.3, -0.25) is 4.79 Å². The van der Waals surface area contributed by atoms with Gasteiger partial charge in [0.1, 0.15) is 11.5 Å². The van der Waals surface area contributed by atoms with Crippen molar-refractivity contribution in [2.75, 3.05) is 0 Å². The van der Waals surface area contributed by atoms with Crippen molar-refractivity contribution >= 4 is 21.8 Å². The summed E-state index contributed by atoms with van der Waals surface area (Å²) >= 11 is 3.46. The largest absolute Gasteiger partial charge is 0.467 e. The number of hydrogen-bond acceptors (Lipinski definition) is 3. The molecule has 4 nitrogen and oxygen atoms in total. The van der Waals surface area contributed by atoms with E-state index in [1.807, 2.05) is 48.5 Å². The first-order valence-corrected chi connectivity index (χ1v) is 8.57. The highest BCUT2D eigenvalue weighted by Crippen LogP contribution is 2.16. The Hall–Kier alpha value is -2.27. The van der Waals surface area contributed by atoms with Crippen LogP contribution in [0, 0.1) is 0 Å². The number of carbonyl (C=O) groups is 1. The third-order valence-electron chi connectivity index (χ3n) is 3.72. The average molecular weight is 388 g/mol. The maximum atomic E-state index is 12.7. The molecule has 24 heavy (non-hydrogen) atoms. The Labute approximate surface area is 149 Å². The van der Waals surface area contributed by atoms with Crippen molar-refractivity contribution in [1.82, 2.24) is 4.90 Å². The fourth-order valence-electron chi connectivity index (χ4n) is 2.52. The van der Waals surface area contributed by atoms with E-state index >= 15 is 0 Å². The highest BCUT2D eigenvalue weighted by atomic mass is 79.9. The highest BCUT2D eigenvalue weighted by molar-refractivity contribution is 9.10. The van der Waals surface area contributed by atoms with Crippen LogP contribution in [0.5, 0.6) is 0 Å². The van der Waals surface area contributed by atoms with Crippen LogP contribution in [-0.4, -0.2) is 10.8 Å². The molecule has 0 spiro atoms. The molecule has 0 bridgehead atoms. The summed E-state index contributed by atoms with van der Waals surface area (Å²) in [5.74, 6) is 1.59. The Morgan fingerprint density at radius 1 is 0.958 bits per heavy atom. The van der Waals surface area contributed by atoms with E-state index in [0.717, 1.165) is 21.6 Å². The van der Waals surface area contributed by atoms with Crippen molar-refractivity contribution in [2.45, 2.75) is 25.9 Å². The predicted octanol–water partition coefficient (Wildman–Crippen LogP) is 4.80. The van der Waals surface area contributed by atoms with Crippen LogP contribution in [0.3, 0.4) is 0 Å². The summed E-state index contributed by atoms with van der Waals surface area (Å²) in [6.07, 6.45) is 4.38. The summed E-state index contributed by atoms with van der Waals surface area (Å²) in [6, 6.07) is 15.4. The van der Waals surface area contributed by atoms with Gasteiger partial charge in [-0.15, -0.1) is 0 Å². The van der Waals surface area contributed by atoms with Crippen LogP contribution in [0.15, 0.2) is 74.4 Å². The normalized spacial score (nSPS) is 10.7. The highest BCUT2D eigenvalue weighted by Gasteiger charge is 2.17. The molecule has 2 aromatic heterocycles. The summed E-state index contributed by atoms with van der Waals surface area (Å²) in [5.41, 5.74) is 1.13. The van der Waals surface area contributed by atoms with Crippen LogP contribution in [0.25, 0.3) is 0 Å². The van der Waals surface area contributed by atoms with E-state index in [1.165, 1.54) is 0 Å². The number of halogens is 1. The standard InChI is InChI=1S/C19H18BrNO3/c20-16-5-1-4-15(12-16)8-9-19(22)21(13-17-6-2-10-23-17)14-18-7-3-11-24-18/h1-7,10-12H,8-9,13-14H2. The second-order valence-electron chi connectivity index (χ2n) is 5.54. The lowest BCUT2D eigenvalue weighted by molar-refractivity contribution is -0.133. The molecule has 1 aromatic carbocycles. The summed E-state index contributed by atoms with van der Waals surface area (Å²) in [6.45, 7) is 0.871. The van der Waals surface area contributed by atoms with Crippen molar-refractivity contribution in [3.8, 4) is 0 Å². The third-order valence-corrected chi connectivity index (χ3v) is 4.22. The first kappa shape index (κ1) is 16.6. The van der Waals surface area contributed by atoms with E-state index in [2.05, 4.69) is 15.9 Å². The van der Waals surface area contributed by atoms with Gasteiger partial charge in [-0.1, -0.05) is 28.1 Å². The Morgan fingerprint density at radius 3 is 2.17 bits per heavy atom. The van der Waals surface area contributed by atoms with E-state index < -0.39 is 0 Å². The number of amides is 1. The molecule has 1 amide bonds. The molecule has 2 heterocycles. The molecule has 5 heteroatoms. The molecule has 0 aliphatic heterocycles. The van der Waals surface area contributed by atoms with Crippen LogP contribution in [-0.2, 0) is 24.3 Å². The molecule has 3 rings (SSSR count). The minimum absolute atomic E-state index is 0.0720. The fourth-order valence-corrected chi connectivity index (χ4v) is 2.96. The molecule has 0 saturated carbocycles. The van der Waals surface area contributed by atoms with Gasteiger partial charge in [-0.25, -0.2) is 0 Å². The minimum atomic E-state index is 0.0720. The van der Waals surface area contributed by atoms with E-state index in [4.69, 9.17) is 8.83 Å². The zero-order valence-electron chi connectivity index (χ0n) is 13.2. The van der Waals surface area contributed by atoms with Crippen LogP contribution in [0.4, 0.5) is 0 Å². The lowest BCUT2D eigenvalue weighted by atomic mass is 10.1. The molecular weight excluding hydrogens is 370 g/mol. The number of hydrogen-bond donors (Lipinski definition) is 0. The Morgan fingerprint density at radius 2 is 1.62 bits per heavy atom. The molecule has 0 aliphatic rings. The number of carbonyl (C=O) groups excluding carboxylic acids is 1. The maximum Gasteiger partial charge on any atom is 0.223 e. The van der Waals surface area contributed by atoms with Crippen LogP contribution < -0.4 is 0 Å². The SMILES string of the molecule is O=C(CCc1cccc(Br)c1)N(Cc1ccco1)Cc1ccco1. The van der Waals surface area contributed by atoms with Crippen molar-refractivity contribution < 1.29 is 13.6 Å². The van der Waals surface area contributed by atoms with Crippen molar-refractivity contribution in [1.29, 1.82) is 0 Å². The Balaban J connectivity index is 1.65. The van der Waals surface area contributed by atoms with E-state index in [1.54, 1.807) is 17.4 Å². The van der Waals surface area contributed by atoms with Crippen LogP contribution in [0.2, 0.25) is 0 Å². The molecule has 0 fully saturated rings. The molecule has 124 valence electrons. The van der Waals surface area contributed by atoms with Gasteiger partial charge in [0.15, 0.2) is 0 Å². The number of benzene rings is 1. The quantitative estimate of drug-likeness (QED) is 0.584. The fraction of sp³-hybridized carbons (Fsp3) is 0.211. The zero-order valence-corrected chi connectivity index (χ0v) is 14.7. The van der Waals surface area contributed by atoms with Gasteiger partial charge in [-0.05, 0) is 48.4 Å². The van der Waals surface area contributed by atoms with Gasteiger partial charge in [0.25, 0.3) is 0 Å². The number of nitrogens with zero attached hydrogens (tertiary/aromatic N) is 1. The van der Waals surface area contributed by atoms with Crippen molar-refractivity contribution in [2.24, 2.45) is 0 Å². The molecule has 3 aromatic rings. The summed E-state index contributed by atoms with van der Waals surface area (Å²) in [4.78, 5) is 14.4. The molecule has 0 N–H and O–H groups in total. The average Bonchev–Trinajstić information content (AvgIpc) is 3.26. The number of rotatable bonds is 7. The molecule has 0 radical (unpaired) electrons. The first-order valence-electron chi connectivity index (χ1n) is 7.78. The lowest BCUT2D eigenvalue weighted by Gasteiger charge is -2.20. The van der Waals surface area contributed by atoms with E-state index in [0.29, 0.717) is 25.9 Å². The number of furan rings is 2.